The van der Waals surface area contributed by atoms with Crippen molar-refractivity contribution in [2.45, 2.75) is 30.7 Å². The lowest BCUT2D eigenvalue weighted by Gasteiger charge is -2.18. The Morgan fingerprint density at radius 3 is 2.52 bits per heavy atom. The molecule has 1 unspecified atom stereocenters. The van der Waals surface area contributed by atoms with Crippen molar-refractivity contribution in [2.75, 3.05) is 13.6 Å². The molecule has 0 saturated carbocycles. The number of hydrogen-bond donors (Lipinski definition) is 1. The zero-order chi connectivity index (χ0) is 16.3. The molecule has 1 aromatic rings. The maximum absolute atomic E-state index is 12.2. The highest BCUT2D eigenvalue weighted by molar-refractivity contribution is 7.89. The van der Waals surface area contributed by atoms with Gasteiger partial charge in [0.25, 0.3) is 0 Å². The summed E-state index contributed by atoms with van der Waals surface area (Å²) in [6.07, 6.45) is -5.35. The molecule has 9 heteroatoms. The highest BCUT2D eigenvalue weighted by atomic mass is 32.2. The minimum Gasteiger partial charge on any atom is -0.406 e. The summed E-state index contributed by atoms with van der Waals surface area (Å²) < 4.78 is 65.4. The molecule has 0 fully saturated rings. The Bertz CT molecular complexity index is 572. The zero-order valence-electron chi connectivity index (χ0n) is 11.5. The average molecular weight is 327 g/mol. The van der Waals surface area contributed by atoms with Crippen LogP contribution in [0.1, 0.15) is 13.3 Å². The lowest BCUT2D eigenvalue weighted by molar-refractivity contribution is -0.274. The number of ether oxygens (including phenoxy) is 1. The molecule has 21 heavy (non-hydrogen) atoms. The molecule has 0 aromatic heterocycles. The third-order valence-electron chi connectivity index (χ3n) is 2.61. The van der Waals surface area contributed by atoms with E-state index in [2.05, 4.69) is 4.74 Å². The summed E-state index contributed by atoms with van der Waals surface area (Å²) in [5, 5.41) is 9.14. The van der Waals surface area contributed by atoms with Crippen LogP contribution in [0, 0.1) is 0 Å². The van der Waals surface area contributed by atoms with Crippen LogP contribution in [0.3, 0.4) is 0 Å². The number of rotatable bonds is 6. The largest absolute Gasteiger partial charge is 0.573 e. The van der Waals surface area contributed by atoms with E-state index in [4.69, 9.17) is 5.11 Å². The molecular formula is C12H16F3NO4S. The molecule has 0 bridgehead atoms. The predicted molar refractivity (Wildman–Crippen MR) is 69.2 cm³/mol. The minimum absolute atomic E-state index is 0.0460. The molecule has 0 radical (unpaired) electrons. The Morgan fingerprint density at radius 2 is 2.00 bits per heavy atom. The summed E-state index contributed by atoms with van der Waals surface area (Å²) in [5.41, 5.74) is 0. The summed E-state index contributed by atoms with van der Waals surface area (Å²) >= 11 is 0. The van der Waals surface area contributed by atoms with E-state index in [1.54, 1.807) is 0 Å². The molecule has 0 saturated heterocycles. The minimum atomic E-state index is -4.89. The van der Waals surface area contributed by atoms with E-state index in [-0.39, 0.29) is 17.9 Å². The van der Waals surface area contributed by atoms with Crippen LogP contribution in [0.15, 0.2) is 29.2 Å². The third-order valence-corrected chi connectivity index (χ3v) is 4.46. The Morgan fingerprint density at radius 1 is 1.38 bits per heavy atom. The summed E-state index contributed by atoms with van der Waals surface area (Å²) in [6, 6.07) is 4.16. The van der Waals surface area contributed by atoms with Crippen LogP contribution in [0.4, 0.5) is 13.2 Å². The summed E-state index contributed by atoms with van der Waals surface area (Å²) in [4.78, 5) is -0.308. The molecule has 0 aliphatic heterocycles. The number of alkyl halides is 3. The van der Waals surface area contributed by atoms with Crippen molar-refractivity contribution in [3.05, 3.63) is 24.3 Å². The molecule has 0 amide bonds. The molecular weight excluding hydrogens is 311 g/mol. The lowest BCUT2D eigenvalue weighted by atomic mass is 10.3. The van der Waals surface area contributed by atoms with Crippen LogP contribution in [-0.2, 0) is 10.0 Å². The van der Waals surface area contributed by atoms with Gasteiger partial charge in [0.2, 0.25) is 10.0 Å². The first-order valence-corrected chi connectivity index (χ1v) is 7.46. The molecule has 1 atom stereocenters. The van der Waals surface area contributed by atoms with Crippen molar-refractivity contribution in [3.8, 4) is 5.75 Å². The van der Waals surface area contributed by atoms with Crippen molar-refractivity contribution in [3.63, 3.8) is 0 Å². The van der Waals surface area contributed by atoms with Crippen LogP contribution in [0.2, 0.25) is 0 Å². The number of nitrogens with zero attached hydrogens (tertiary/aromatic N) is 1. The molecule has 1 rings (SSSR count). The van der Waals surface area contributed by atoms with E-state index in [1.807, 2.05) is 0 Å². The number of aliphatic hydroxyl groups excluding tert-OH is 1. The van der Waals surface area contributed by atoms with Gasteiger partial charge in [0.15, 0.2) is 0 Å². The van der Waals surface area contributed by atoms with Gasteiger partial charge in [-0.05, 0) is 25.5 Å². The Labute approximate surface area is 121 Å². The maximum atomic E-state index is 12.2. The molecule has 0 heterocycles. The van der Waals surface area contributed by atoms with E-state index in [0.717, 1.165) is 22.5 Å². The summed E-state index contributed by atoms with van der Waals surface area (Å²) in [6.45, 7) is 1.56. The van der Waals surface area contributed by atoms with Crippen molar-refractivity contribution < 1.29 is 31.4 Å². The van der Waals surface area contributed by atoms with Gasteiger partial charge in [-0.25, -0.2) is 12.7 Å². The van der Waals surface area contributed by atoms with Gasteiger partial charge >= 0.3 is 6.36 Å². The van der Waals surface area contributed by atoms with Crippen LogP contribution < -0.4 is 4.74 Å². The fourth-order valence-electron chi connectivity index (χ4n) is 1.50. The molecule has 0 spiro atoms. The van der Waals surface area contributed by atoms with Gasteiger partial charge in [-0.2, -0.15) is 0 Å². The monoisotopic (exact) mass is 327 g/mol. The van der Waals surface area contributed by atoms with E-state index >= 15 is 0 Å². The second-order valence-electron chi connectivity index (χ2n) is 4.49. The van der Waals surface area contributed by atoms with Gasteiger partial charge < -0.3 is 9.84 Å². The smallest absolute Gasteiger partial charge is 0.406 e. The number of sulfonamides is 1. The highest BCUT2D eigenvalue weighted by Crippen LogP contribution is 2.26. The van der Waals surface area contributed by atoms with E-state index in [9.17, 15) is 21.6 Å². The Balaban J connectivity index is 2.95. The molecule has 1 aromatic carbocycles. The first-order valence-electron chi connectivity index (χ1n) is 6.02. The van der Waals surface area contributed by atoms with E-state index < -0.39 is 28.2 Å². The van der Waals surface area contributed by atoms with Gasteiger partial charge in [-0.3, -0.25) is 0 Å². The lowest BCUT2D eigenvalue weighted by Crippen LogP contribution is -2.29. The molecule has 0 aliphatic carbocycles. The second-order valence-corrected chi connectivity index (χ2v) is 6.53. The van der Waals surface area contributed by atoms with Crippen molar-refractivity contribution in [1.29, 1.82) is 0 Å². The third kappa shape index (κ3) is 5.52. The van der Waals surface area contributed by atoms with Crippen LogP contribution in [0.25, 0.3) is 0 Å². The number of halogens is 3. The summed E-state index contributed by atoms with van der Waals surface area (Å²) in [5.74, 6) is -0.604. The molecule has 120 valence electrons. The topological polar surface area (TPSA) is 66.8 Å². The summed E-state index contributed by atoms with van der Waals surface area (Å²) in [7, 11) is -2.65. The van der Waals surface area contributed by atoms with Gasteiger partial charge in [0.05, 0.1) is 11.0 Å². The maximum Gasteiger partial charge on any atom is 0.573 e. The second kappa shape index (κ2) is 6.63. The zero-order valence-corrected chi connectivity index (χ0v) is 12.3. The first-order chi connectivity index (χ1) is 9.52. The van der Waals surface area contributed by atoms with Crippen molar-refractivity contribution in [1.82, 2.24) is 4.31 Å². The van der Waals surface area contributed by atoms with Crippen LogP contribution >= 0.6 is 0 Å². The fraction of sp³-hybridized carbons (Fsp3) is 0.500. The van der Waals surface area contributed by atoms with Gasteiger partial charge in [0, 0.05) is 19.7 Å². The van der Waals surface area contributed by atoms with Crippen LogP contribution in [0.5, 0.6) is 5.75 Å². The van der Waals surface area contributed by atoms with Crippen molar-refractivity contribution in [2.24, 2.45) is 0 Å². The fourth-order valence-corrected chi connectivity index (χ4v) is 2.72. The first kappa shape index (κ1) is 17.7. The van der Waals surface area contributed by atoms with Crippen LogP contribution in [-0.4, -0.2) is 43.9 Å². The molecule has 5 nitrogen and oxygen atoms in total. The SMILES string of the molecule is CC(O)CCN(C)S(=O)(=O)c1cccc(OC(F)(F)F)c1. The Kier molecular flexibility index (Phi) is 5.60. The van der Waals surface area contributed by atoms with Gasteiger partial charge in [-0.1, -0.05) is 6.07 Å². The van der Waals surface area contributed by atoms with Crippen molar-refractivity contribution >= 4 is 10.0 Å². The average Bonchev–Trinajstić information content (AvgIpc) is 2.34. The highest BCUT2D eigenvalue weighted by Gasteiger charge is 2.31. The van der Waals surface area contributed by atoms with E-state index in [0.29, 0.717) is 0 Å². The predicted octanol–water partition coefficient (Wildman–Crippen LogP) is 1.98. The number of aliphatic hydroxyl groups is 1. The number of benzene rings is 1. The standard InChI is InChI=1S/C12H16F3NO4S/c1-9(17)6-7-16(2)21(18,19)11-5-3-4-10(8-11)20-12(13,14)15/h3-5,8-9,17H,6-7H2,1-2H3. The number of hydrogen-bond acceptors (Lipinski definition) is 4. The Hall–Kier alpha value is -1.32. The van der Waals surface area contributed by atoms with Gasteiger partial charge in [0.1, 0.15) is 5.75 Å². The van der Waals surface area contributed by atoms with E-state index in [1.165, 1.54) is 20.0 Å². The quantitative estimate of drug-likeness (QED) is 0.867. The molecule has 0 aliphatic rings. The van der Waals surface area contributed by atoms with Gasteiger partial charge in [-0.15, -0.1) is 13.2 Å². The normalized spacial score (nSPS) is 14.2. The molecule has 1 N–H and O–H groups in total.